The molecule has 2 rings (SSSR count). The standard InChI is InChI=1S/C12H10O4S/c1-2-15-12(14)10-6-5-9(17-10)11(13)8-4-3-7-16-8/h3-7H,2H2,1H3. The Labute approximate surface area is 102 Å². The van der Waals surface area contributed by atoms with Crippen LogP contribution in [0.4, 0.5) is 0 Å². The van der Waals surface area contributed by atoms with Crippen LogP contribution in [-0.4, -0.2) is 18.4 Å². The van der Waals surface area contributed by atoms with Gasteiger partial charge in [-0.3, -0.25) is 4.79 Å². The van der Waals surface area contributed by atoms with Gasteiger partial charge < -0.3 is 9.15 Å². The van der Waals surface area contributed by atoms with E-state index in [2.05, 4.69) is 0 Å². The quantitative estimate of drug-likeness (QED) is 0.618. The number of thiophene rings is 1. The van der Waals surface area contributed by atoms with Crippen molar-refractivity contribution in [2.24, 2.45) is 0 Å². The van der Waals surface area contributed by atoms with E-state index in [9.17, 15) is 9.59 Å². The summed E-state index contributed by atoms with van der Waals surface area (Å²) in [7, 11) is 0. The maximum absolute atomic E-state index is 11.9. The van der Waals surface area contributed by atoms with E-state index in [1.807, 2.05) is 0 Å². The summed E-state index contributed by atoms with van der Waals surface area (Å²) < 4.78 is 9.86. The number of carbonyl (C=O) groups is 2. The average Bonchev–Trinajstić information content (AvgIpc) is 3.00. The molecule has 0 aliphatic rings. The minimum atomic E-state index is -0.406. The molecule has 4 nitrogen and oxygen atoms in total. The molecule has 0 bridgehead atoms. The lowest BCUT2D eigenvalue weighted by Gasteiger charge is -1.96. The van der Waals surface area contributed by atoms with E-state index in [1.165, 1.54) is 6.26 Å². The van der Waals surface area contributed by atoms with Gasteiger partial charge >= 0.3 is 5.97 Å². The van der Waals surface area contributed by atoms with Crippen LogP contribution in [0, 0.1) is 0 Å². The Balaban J connectivity index is 2.19. The molecule has 2 aromatic rings. The van der Waals surface area contributed by atoms with Gasteiger partial charge in [-0.2, -0.15) is 0 Å². The van der Waals surface area contributed by atoms with E-state index in [-0.39, 0.29) is 11.5 Å². The SMILES string of the molecule is CCOC(=O)c1ccc(C(=O)c2ccco2)s1. The second kappa shape index (κ2) is 4.97. The lowest BCUT2D eigenvalue weighted by molar-refractivity contribution is 0.0532. The van der Waals surface area contributed by atoms with Crippen molar-refractivity contribution < 1.29 is 18.7 Å². The Morgan fingerprint density at radius 3 is 2.71 bits per heavy atom. The smallest absolute Gasteiger partial charge is 0.348 e. The van der Waals surface area contributed by atoms with Gasteiger partial charge in [0.15, 0.2) is 5.76 Å². The largest absolute Gasteiger partial charge is 0.462 e. The highest BCUT2D eigenvalue weighted by molar-refractivity contribution is 7.16. The summed E-state index contributed by atoms with van der Waals surface area (Å²) in [5.74, 6) is -0.367. The Morgan fingerprint density at radius 2 is 2.06 bits per heavy atom. The predicted molar refractivity (Wildman–Crippen MR) is 62.4 cm³/mol. The zero-order valence-electron chi connectivity index (χ0n) is 9.14. The summed E-state index contributed by atoms with van der Waals surface area (Å²) in [5, 5.41) is 0. The molecule has 2 heterocycles. The first kappa shape index (κ1) is 11.6. The van der Waals surface area contributed by atoms with Gasteiger partial charge in [0.25, 0.3) is 0 Å². The molecule has 0 aromatic carbocycles. The number of esters is 1. The Bertz CT molecular complexity index is 524. The van der Waals surface area contributed by atoms with Crippen LogP contribution < -0.4 is 0 Å². The van der Waals surface area contributed by atoms with Gasteiger partial charge in [0.2, 0.25) is 5.78 Å². The molecule has 0 saturated carbocycles. The zero-order chi connectivity index (χ0) is 12.3. The highest BCUT2D eigenvalue weighted by Gasteiger charge is 2.17. The second-order valence-electron chi connectivity index (χ2n) is 3.19. The van der Waals surface area contributed by atoms with Crippen LogP contribution in [0.3, 0.4) is 0 Å². The summed E-state index contributed by atoms with van der Waals surface area (Å²) >= 11 is 1.10. The summed E-state index contributed by atoms with van der Waals surface area (Å²) in [6, 6.07) is 6.42. The van der Waals surface area contributed by atoms with Crippen LogP contribution in [0.5, 0.6) is 0 Å². The number of ether oxygens (including phenoxy) is 1. The van der Waals surface area contributed by atoms with Crippen molar-refractivity contribution in [1.82, 2.24) is 0 Å². The molecule has 0 aliphatic heterocycles. The lowest BCUT2D eigenvalue weighted by Crippen LogP contribution is -2.01. The molecule has 0 spiro atoms. The molecule has 0 fully saturated rings. The molecule has 17 heavy (non-hydrogen) atoms. The molecule has 2 aromatic heterocycles. The van der Waals surface area contributed by atoms with E-state index < -0.39 is 5.97 Å². The monoisotopic (exact) mass is 250 g/mol. The van der Waals surface area contributed by atoms with E-state index in [1.54, 1.807) is 31.2 Å². The molecule has 0 unspecified atom stereocenters. The first-order chi connectivity index (χ1) is 8.22. The summed E-state index contributed by atoms with van der Waals surface area (Å²) in [6.07, 6.45) is 1.44. The highest BCUT2D eigenvalue weighted by atomic mass is 32.1. The first-order valence-corrected chi connectivity index (χ1v) is 5.89. The van der Waals surface area contributed by atoms with Crippen LogP contribution >= 0.6 is 11.3 Å². The van der Waals surface area contributed by atoms with Crippen molar-refractivity contribution in [2.45, 2.75) is 6.92 Å². The molecule has 0 aliphatic carbocycles. The fraction of sp³-hybridized carbons (Fsp3) is 0.167. The second-order valence-corrected chi connectivity index (χ2v) is 4.27. The maximum atomic E-state index is 11.9. The minimum Gasteiger partial charge on any atom is -0.462 e. The van der Waals surface area contributed by atoms with Crippen LogP contribution in [-0.2, 0) is 4.74 Å². The van der Waals surface area contributed by atoms with E-state index in [4.69, 9.17) is 9.15 Å². The van der Waals surface area contributed by atoms with Crippen LogP contribution in [0.15, 0.2) is 34.9 Å². The summed E-state index contributed by atoms with van der Waals surface area (Å²) in [6.45, 7) is 2.05. The number of ketones is 1. The lowest BCUT2D eigenvalue weighted by atomic mass is 10.2. The van der Waals surface area contributed by atoms with Gasteiger partial charge in [0.05, 0.1) is 17.7 Å². The fourth-order valence-corrected chi connectivity index (χ4v) is 2.15. The third kappa shape index (κ3) is 2.45. The van der Waals surface area contributed by atoms with Crippen LogP contribution in [0.1, 0.15) is 32.0 Å². The van der Waals surface area contributed by atoms with Crippen molar-refractivity contribution in [1.29, 1.82) is 0 Å². The van der Waals surface area contributed by atoms with E-state index in [0.717, 1.165) is 11.3 Å². The molecule has 0 amide bonds. The summed E-state index contributed by atoms with van der Waals surface area (Å²) in [4.78, 5) is 24.2. The van der Waals surface area contributed by atoms with Gasteiger partial charge in [-0.15, -0.1) is 11.3 Å². The van der Waals surface area contributed by atoms with Crippen LogP contribution in [0.2, 0.25) is 0 Å². The molecule has 0 N–H and O–H groups in total. The fourth-order valence-electron chi connectivity index (χ4n) is 1.30. The molecule has 0 atom stereocenters. The number of hydrogen-bond acceptors (Lipinski definition) is 5. The molecular weight excluding hydrogens is 240 g/mol. The van der Waals surface area contributed by atoms with Crippen LogP contribution in [0.25, 0.3) is 0 Å². The first-order valence-electron chi connectivity index (χ1n) is 5.07. The highest BCUT2D eigenvalue weighted by Crippen LogP contribution is 2.21. The maximum Gasteiger partial charge on any atom is 0.348 e. The molecule has 0 saturated heterocycles. The van der Waals surface area contributed by atoms with Gasteiger partial charge in [-0.05, 0) is 31.2 Å². The Morgan fingerprint density at radius 1 is 1.29 bits per heavy atom. The van der Waals surface area contributed by atoms with Crippen molar-refractivity contribution in [3.8, 4) is 0 Å². The Kier molecular flexibility index (Phi) is 3.39. The minimum absolute atomic E-state index is 0.226. The van der Waals surface area contributed by atoms with Crippen molar-refractivity contribution >= 4 is 23.1 Å². The molecule has 5 heteroatoms. The molecule has 0 radical (unpaired) electrons. The topological polar surface area (TPSA) is 56.5 Å². The molecule has 88 valence electrons. The third-order valence-electron chi connectivity index (χ3n) is 2.05. The predicted octanol–water partition coefficient (Wildman–Crippen LogP) is 2.75. The van der Waals surface area contributed by atoms with Gasteiger partial charge in [-0.25, -0.2) is 4.79 Å². The van der Waals surface area contributed by atoms with Crippen molar-refractivity contribution in [3.63, 3.8) is 0 Å². The van der Waals surface area contributed by atoms with Gasteiger partial charge in [-0.1, -0.05) is 0 Å². The number of hydrogen-bond donors (Lipinski definition) is 0. The summed E-state index contributed by atoms with van der Waals surface area (Å²) in [5.41, 5.74) is 0. The molecular formula is C12H10O4S. The zero-order valence-corrected chi connectivity index (χ0v) is 9.95. The number of carbonyl (C=O) groups excluding carboxylic acids is 2. The Hall–Kier alpha value is -1.88. The number of furan rings is 1. The van der Waals surface area contributed by atoms with E-state index in [0.29, 0.717) is 16.4 Å². The van der Waals surface area contributed by atoms with Crippen molar-refractivity contribution in [2.75, 3.05) is 6.61 Å². The van der Waals surface area contributed by atoms with Crippen molar-refractivity contribution in [3.05, 3.63) is 46.0 Å². The normalized spacial score (nSPS) is 10.2. The van der Waals surface area contributed by atoms with Gasteiger partial charge in [0, 0.05) is 0 Å². The average molecular weight is 250 g/mol. The van der Waals surface area contributed by atoms with E-state index >= 15 is 0 Å². The number of rotatable bonds is 4. The third-order valence-corrected chi connectivity index (χ3v) is 3.12. The van der Waals surface area contributed by atoms with Gasteiger partial charge in [0.1, 0.15) is 4.88 Å².